The van der Waals surface area contributed by atoms with E-state index in [0.717, 1.165) is 33.6 Å². The minimum absolute atomic E-state index is 0.0682. The Morgan fingerprint density at radius 2 is 1.40 bits per heavy atom. The van der Waals surface area contributed by atoms with Gasteiger partial charge in [0.2, 0.25) is 11.8 Å². The van der Waals surface area contributed by atoms with Crippen LogP contribution in [-0.2, 0) is 4.79 Å². The van der Waals surface area contributed by atoms with Gasteiger partial charge in [0.25, 0.3) is 0 Å². The van der Waals surface area contributed by atoms with E-state index in [9.17, 15) is 4.79 Å². The molecule has 6 nitrogen and oxygen atoms in total. The van der Waals surface area contributed by atoms with Crippen LogP contribution in [0.3, 0.4) is 0 Å². The lowest BCUT2D eigenvalue weighted by Crippen LogP contribution is -2.28. The summed E-state index contributed by atoms with van der Waals surface area (Å²) in [4.78, 5) is 29.2. The number of nitrogens with zero attached hydrogens (tertiary/aromatic N) is 4. The topological polar surface area (TPSA) is 72.1 Å². The van der Waals surface area contributed by atoms with Crippen LogP contribution in [-0.4, -0.2) is 27.4 Å². The quantitative estimate of drug-likeness (QED) is 0.324. The van der Waals surface area contributed by atoms with Gasteiger partial charge in [-0.15, -0.1) is 0 Å². The molecule has 0 saturated carbocycles. The maximum Gasteiger partial charge on any atom is 0.240 e. The summed E-state index contributed by atoms with van der Waals surface area (Å²) in [7, 11) is 0. The van der Waals surface area contributed by atoms with Crippen LogP contribution in [0.1, 0.15) is 18.2 Å². The van der Waals surface area contributed by atoms with Crippen LogP contribution in [0.25, 0.3) is 33.6 Å². The average molecular weight is 459 g/mol. The van der Waals surface area contributed by atoms with E-state index in [2.05, 4.69) is 15.0 Å². The summed E-state index contributed by atoms with van der Waals surface area (Å²) < 4.78 is 5.77. The van der Waals surface area contributed by atoms with Crippen molar-refractivity contribution in [1.29, 1.82) is 0 Å². The zero-order chi connectivity index (χ0) is 23.6. The number of carbonyl (C=O) groups excluding carboxylic acids is 1. The number of oxazole rings is 1. The van der Waals surface area contributed by atoms with Gasteiger partial charge in [-0.05, 0) is 12.0 Å². The van der Waals surface area contributed by atoms with E-state index in [1.165, 1.54) is 6.33 Å². The Kier molecular flexibility index (Phi) is 5.39. The maximum atomic E-state index is 13.6. The third kappa shape index (κ3) is 3.89. The van der Waals surface area contributed by atoms with E-state index in [1.807, 2.05) is 91.0 Å². The van der Waals surface area contributed by atoms with E-state index < -0.39 is 5.92 Å². The second-order valence-corrected chi connectivity index (χ2v) is 8.42. The number of benzene rings is 3. The first-order valence-electron chi connectivity index (χ1n) is 11.6. The summed E-state index contributed by atoms with van der Waals surface area (Å²) in [5.74, 6) is 0.523. The fourth-order valence-electron chi connectivity index (χ4n) is 4.58. The zero-order valence-electron chi connectivity index (χ0n) is 18.9. The Bertz CT molecular complexity index is 1470. The largest absolute Gasteiger partial charge is 0.447 e. The number of anilines is 1. The van der Waals surface area contributed by atoms with Crippen molar-refractivity contribution in [3.63, 3.8) is 0 Å². The van der Waals surface area contributed by atoms with Crippen molar-refractivity contribution in [2.75, 3.05) is 11.4 Å². The summed E-state index contributed by atoms with van der Waals surface area (Å²) in [5, 5.41) is 0. The van der Waals surface area contributed by atoms with E-state index in [1.54, 1.807) is 11.2 Å². The Morgan fingerprint density at radius 1 is 0.771 bits per heavy atom. The molecule has 170 valence electrons. The fourth-order valence-corrected chi connectivity index (χ4v) is 4.58. The number of hydrogen-bond donors (Lipinski definition) is 0. The minimum Gasteiger partial charge on any atom is -0.447 e. The molecule has 0 radical (unpaired) electrons. The lowest BCUT2D eigenvalue weighted by Gasteiger charge is -2.21. The first-order valence-corrected chi connectivity index (χ1v) is 11.6. The molecule has 3 heterocycles. The summed E-state index contributed by atoms with van der Waals surface area (Å²) in [6.45, 7) is 0.525. The molecule has 1 aliphatic rings. The standard InChI is InChI=1S/C29H22N4O2/c34-29-23(28-32-24(18-35-28)20-10-4-1-5-11-20)16-17-33(29)27-25(21-12-6-2-7-13-21)26(30-19-31-27)22-14-8-3-9-15-22/h1-15,18-19,23H,16-17H2. The maximum absolute atomic E-state index is 13.6. The number of amides is 1. The molecular formula is C29H22N4O2. The number of aromatic nitrogens is 3. The average Bonchev–Trinajstić information content (AvgIpc) is 3.56. The van der Waals surface area contributed by atoms with E-state index in [-0.39, 0.29) is 5.91 Å². The highest BCUT2D eigenvalue weighted by molar-refractivity contribution is 6.03. The molecule has 6 heteroatoms. The molecule has 35 heavy (non-hydrogen) atoms. The lowest BCUT2D eigenvalue weighted by molar-refractivity contribution is -0.118. The third-order valence-corrected chi connectivity index (χ3v) is 6.29. The van der Waals surface area contributed by atoms with Crippen LogP contribution >= 0.6 is 0 Å². The molecule has 1 amide bonds. The summed E-state index contributed by atoms with van der Waals surface area (Å²) in [6, 6.07) is 29.8. The van der Waals surface area contributed by atoms with Crippen molar-refractivity contribution >= 4 is 11.7 Å². The Labute approximate surface area is 202 Å². The predicted molar refractivity (Wildman–Crippen MR) is 135 cm³/mol. The summed E-state index contributed by atoms with van der Waals surface area (Å²) in [5.41, 5.74) is 5.25. The van der Waals surface area contributed by atoms with Gasteiger partial charge in [-0.1, -0.05) is 91.0 Å². The van der Waals surface area contributed by atoms with Gasteiger partial charge >= 0.3 is 0 Å². The van der Waals surface area contributed by atoms with Gasteiger partial charge in [-0.25, -0.2) is 15.0 Å². The normalized spacial score (nSPS) is 15.5. The molecule has 0 N–H and O–H groups in total. The van der Waals surface area contributed by atoms with Crippen LogP contribution in [0.5, 0.6) is 0 Å². The number of carbonyl (C=O) groups is 1. The molecule has 0 aliphatic carbocycles. The number of rotatable bonds is 5. The molecule has 2 aromatic heterocycles. The summed E-state index contributed by atoms with van der Waals surface area (Å²) >= 11 is 0. The van der Waals surface area contributed by atoms with Crippen molar-refractivity contribution in [1.82, 2.24) is 15.0 Å². The molecule has 6 rings (SSSR count). The highest BCUT2D eigenvalue weighted by atomic mass is 16.3. The van der Waals surface area contributed by atoms with Crippen molar-refractivity contribution < 1.29 is 9.21 Å². The fraction of sp³-hybridized carbons (Fsp3) is 0.103. The van der Waals surface area contributed by atoms with Gasteiger partial charge in [0.1, 0.15) is 30.0 Å². The summed E-state index contributed by atoms with van der Waals surface area (Å²) in [6.07, 6.45) is 3.75. The predicted octanol–water partition coefficient (Wildman–Crippen LogP) is 5.99. The smallest absolute Gasteiger partial charge is 0.240 e. The van der Waals surface area contributed by atoms with Crippen LogP contribution in [0.15, 0.2) is 108 Å². The molecule has 1 atom stereocenters. The third-order valence-electron chi connectivity index (χ3n) is 6.29. The molecular weight excluding hydrogens is 436 g/mol. The van der Waals surface area contributed by atoms with Crippen LogP contribution in [0.4, 0.5) is 5.82 Å². The Hall–Kier alpha value is -4.58. The van der Waals surface area contributed by atoms with Crippen molar-refractivity contribution in [2.24, 2.45) is 0 Å². The van der Waals surface area contributed by atoms with Gasteiger partial charge < -0.3 is 4.42 Å². The highest BCUT2D eigenvalue weighted by Crippen LogP contribution is 2.40. The Balaban J connectivity index is 1.39. The SMILES string of the molecule is O=C1C(c2nc(-c3ccccc3)co2)CCN1c1ncnc(-c2ccccc2)c1-c1ccccc1. The Morgan fingerprint density at radius 3 is 2.09 bits per heavy atom. The zero-order valence-corrected chi connectivity index (χ0v) is 18.9. The van der Waals surface area contributed by atoms with Crippen molar-refractivity contribution in [3.05, 3.63) is 109 Å². The van der Waals surface area contributed by atoms with Gasteiger partial charge in [0.05, 0.1) is 11.3 Å². The van der Waals surface area contributed by atoms with Crippen LogP contribution < -0.4 is 4.90 Å². The van der Waals surface area contributed by atoms with Gasteiger partial charge in [0, 0.05) is 17.7 Å². The first kappa shape index (κ1) is 21.0. The molecule has 3 aromatic carbocycles. The van der Waals surface area contributed by atoms with Gasteiger partial charge in [-0.3, -0.25) is 9.69 Å². The first-order chi connectivity index (χ1) is 17.3. The molecule has 1 saturated heterocycles. The highest BCUT2D eigenvalue weighted by Gasteiger charge is 2.39. The molecule has 1 aliphatic heterocycles. The monoisotopic (exact) mass is 458 g/mol. The van der Waals surface area contributed by atoms with E-state index in [0.29, 0.717) is 24.7 Å². The van der Waals surface area contributed by atoms with E-state index >= 15 is 0 Å². The van der Waals surface area contributed by atoms with Crippen LogP contribution in [0.2, 0.25) is 0 Å². The van der Waals surface area contributed by atoms with E-state index in [4.69, 9.17) is 4.42 Å². The minimum atomic E-state index is -0.453. The van der Waals surface area contributed by atoms with Gasteiger partial charge in [-0.2, -0.15) is 0 Å². The van der Waals surface area contributed by atoms with Gasteiger partial charge in [0.15, 0.2) is 0 Å². The lowest BCUT2D eigenvalue weighted by atomic mass is 9.99. The second kappa shape index (κ2) is 8.99. The number of hydrogen-bond acceptors (Lipinski definition) is 5. The van der Waals surface area contributed by atoms with Crippen molar-refractivity contribution in [2.45, 2.75) is 12.3 Å². The van der Waals surface area contributed by atoms with Crippen molar-refractivity contribution in [3.8, 4) is 33.6 Å². The second-order valence-electron chi connectivity index (χ2n) is 8.42. The molecule has 0 bridgehead atoms. The molecule has 0 spiro atoms. The molecule has 1 fully saturated rings. The van der Waals surface area contributed by atoms with Crippen LogP contribution in [0, 0.1) is 0 Å². The molecule has 1 unspecified atom stereocenters. The molecule has 5 aromatic rings.